The smallest absolute Gasteiger partial charge is 0.216 e. The Balaban J connectivity index is 3.32. The van der Waals surface area contributed by atoms with Crippen molar-refractivity contribution in [3.05, 3.63) is 0 Å². The number of carbonyl (C=O) groups is 1. The molecule has 0 spiro atoms. The summed E-state index contributed by atoms with van der Waals surface area (Å²) in [6.07, 6.45) is 0.931. The fraction of sp³-hybridized carbons (Fsp3) is 0.875. The largest absolute Gasteiger partial charge is 0.356 e. The maximum atomic E-state index is 10.5. The molecule has 0 bridgehead atoms. The number of hydrazine groups is 1. The van der Waals surface area contributed by atoms with E-state index in [1.54, 1.807) is 0 Å². The van der Waals surface area contributed by atoms with Crippen LogP contribution in [0.4, 0.5) is 0 Å². The van der Waals surface area contributed by atoms with Crippen molar-refractivity contribution in [3.8, 4) is 0 Å². The summed E-state index contributed by atoms with van der Waals surface area (Å²) in [5.41, 5.74) is 8.44. The van der Waals surface area contributed by atoms with Gasteiger partial charge in [-0.1, -0.05) is 0 Å². The van der Waals surface area contributed by atoms with Crippen molar-refractivity contribution in [1.29, 1.82) is 0 Å². The van der Waals surface area contributed by atoms with Gasteiger partial charge in [0.05, 0.1) is 0 Å². The molecule has 0 rings (SSSR count). The van der Waals surface area contributed by atoms with Crippen molar-refractivity contribution in [2.45, 2.75) is 13.3 Å². The van der Waals surface area contributed by atoms with Crippen LogP contribution in [-0.4, -0.2) is 44.1 Å². The molecule has 0 aromatic rings. The van der Waals surface area contributed by atoms with Crippen LogP contribution in [-0.2, 0) is 4.79 Å². The third-order valence-electron chi connectivity index (χ3n) is 1.69. The van der Waals surface area contributed by atoms with Crippen LogP contribution < -0.4 is 16.5 Å². The zero-order valence-electron chi connectivity index (χ0n) is 8.47. The second-order valence-electron chi connectivity index (χ2n) is 2.84. The van der Waals surface area contributed by atoms with Gasteiger partial charge in [0.25, 0.3) is 0 Å². The summed E-state index contributed by atoms with van der Waals surface area (Å²) >= 11 is 0. The Labute approximate surface area is 79.6 Å². The van der Waals surface area contributed by atoms with E-state index in [0.29, 0.717) is 6.54 Å². The van der Waals surface area contributed by atoms with Gasteiger partial charge in [-0.05, 0) is 13.5 Å². The Bertz CT molecular complexity index is 140. The first-order chi connectivity index (χ1) is 6.20. The van der Waals surface area contributed by atoms with E-state index in [4.69, 9.17) is 5.73 Å². The number of hydrogen-bond acceptors (Lipinski definition) is 4. The molecule has 5 nitrogen and oxygen atoms in total. The normalized spacial score (nSPS) is 10.5. The van der Waals surface area contributed by atoms with Crippen LogP contribution in [0.3, 0.4) is 0 Å². The lowest BCUT2D eigenvalue weighted by atomic mass is 10.4. The highest BCUT2D eigenvalue weighted by Gasteiger charge is 1.99. The second-order valence-corrected chi connectivity index (χ2v) is 2.84. The lowest BCUT2D eigenvalue weighted by molar-refractivity contribution is -0.118. The van der Waals surface area contributed by atoms with Gasteiger partial charge >= 0.3 is 0 Å². The fourth-order valence-electron chi connectivity index (χ4n) is 1.03. The predicted molar refractivity (Wildman–Crippen MR) is 53.0 cm³/mol. The second kappa shape index (κ2) is 7.97. The molecule has 0 unspecified atom stereocenters. The molecule has 4 N–H and O–H groups in total. The molecule has 0 aromatic heterocycles. The maximum Gasteiger partial charge on any atom is 0.216 e. The summed E-state index contributed by atoms with van der Waals surface area (Å²) in [5, 5.41) is 4.77. The molecule has 0 radical (unpaired) electrons. The summed E-state index contributed by atoms with van der Waals surface area (Å²) in [6, 6.07) is 0. The average molecular weight is 188 g/mol. The number of rotatable bonds is 7. The summed E-state index contributed by atoms with van der Waals surface area (Å²) in [5.74, 6) is 0.0230. The molecule has 1 amide bonds. The van der Waals surface area contributed by atoms with Crippen LogP contribution in [0.1, 0.15) is 13.3 Å². The van der Waals surface area contributed by atoms with E-state index in [9.17, 15) is 4.79 Å². The van der Waals surface area contributed by atoms with Crippen molar-refractivity contribution in [2.24, 2.45) is 5.73 Å². The summed E-state index contributed by atoms with van der Waals surface area (Å²) in [7, 11) is 1.87. The van der Waals surface area contributed by atoms with Crippen molar-refractivity contribution < 1.29 is 4.79 Å². The lowest BCUT2D eigenvalue weighted by Gasteiger charge is -2.19. The molecule has 13 heavy (non-hydrogen) atoms. The number of nitrogens with one attached hydrogen (secondary N) is 2. The quantitative estimate of drug-likeness (QED) is 0.351. The van der Waals surface area contributed by atoms with Crippen LogP contribution in [0.15, 0.2) is 0 Å². The van der Waals surface area contributed by atoms with E-state index in [1.165, 1.54) is 6.92 Å². The number of carbonyl (C=O) groups excluding carboxylic acids is 1. The molecule has 0 saturated carbocycles. The van der Waals surface area contributed by atoms with Crippen LogP contribution in [0.2, 0.25) is 0 Å². The Morgan fingerprint density at radius 3 is 2.62 bits per heavy atom. The summed E-state index contributed by atoms with van der Waals surface area (Å²) < 4.78 is 0. The predicted octanol–water partition coefficient (Wildman–Crippen LogP) is -1.09. The molecule has 0 atom stereocenters. The minimum absolute atomic E-state index is 0.0230. The van der Waals surface area contributed by atoms with Gasteiger partial charge in [-0.15, -0.1) is 0 Å². The highest BCUT2D eigenvalue weighted by atomic mass is 16.1. The Kier molecular flexibility index (Phi) is 7.57. The first kappa shape index (κ1) is 12.3. The number of amides is 1. The molecular formula is C8H20N4O. The van der Waals surface area contributed by atoms with Gasteiger partial charge in [-0.25, -0.2) is 5.01 Å². The van der Waals surface area contributed by atoms with Crippen LogP contribution in [0, 0.1) is 0 Å². The van der Waals surface area contributed by atoms with Crippen molar-refractivity contribution >= 4 is 5.91 Å². The minimum Gasteiger partial charge on any atom is -0.356 e. The third-order valence-corrected chi connectivity index (χ3v) is 1.69. The topological polar surface area (TPSA) is 70.4 Å². The van der Waals surface area contributed by atoms with E-state index >= 15 is 0 Å². The molecule has 5 heteroatoms. The molecule has 0 aliphatic carbocycles. The van der Waals surface area contributed by atoms with Gasteiger partial charge in [0, 0.05) is 33.1 Å². The highest BCUT2D eigenvalue weighted by Crippen LogP contribution is 1.84. The van der Waals surface area contributed by atoms with Gasteiger partial charge in [0.15, 0.2) is 0 Å². The lowest BCUT2D eigenvalue weighted by Crippen LogP contribution is -2.40. The molecule has 0 heterocycles. The van der Waals surface area contributed by atoms with E-state index < -0.39 is 0 Å². The fourth-order valence-corrected chi connectivity index (χ4v) is 1.03. The van der Waals surface area contributed by atoms with E-state index in [-0.39, 0.29) is 5.91 Å². The third kappa shape index (κ3) is 7.70. The van der Waals surface area contributed by atoms with Gasteiger partial charge < -0.3 is 11.1 Å². The standard InChI is InChI=1S/C8H20N4O/c1-8(13)11-5-3-6-12(10-2)7-4-9/h10H,3-7,9H2,1-2H3,(H,11,13). The van der Waals surface area contributed by atoms with Gasteiger partial charge in [-0.2, -0.15) is 0 Å². The average Bonchev–Trinajstić information content (AvgIpc) is 2.10. The Morgan fingerprint density at radius 2 is 2.15 bits per heavy atom. The Morgan fingerprint density at radius 1 is 1.46 bits per heavy atom. The molecule has 0 aliphatic heterocycles. The highest BCUT2D eigenvalue weighted by molar-refractivity contribution is 5.72. The number of hydrogen-bond donors (Lipinski definition) is 3. The van der Waals surface area contributed by atoms with E-state index in [2.05, 4.69) is 10.7 Å². The van der Waals surface area contributed by atoms with Gasteiger partial charge in [0.1, 0.15) is 0 Å². The zero-order valence-corrected chi connectivity index (χ0v) is 8.47. The van der Waals surface area contributed by atoms with Crippen LogP contribution >= 0.6 is 0 Å². The number of nitrogens with two attached hydrogens (primary N) is 1. The van der Waals surface area contributed by atoms with Crippen molar-refractivity contribution in [3.63, 3.8) is 0 Å². The maximum absolute atomic E-state index is 10.5. The number of nitrogens with zero attached hydrogens (tertiary/aromatic N) is 1. The van der Waals surface area contributed by atoms with Crippen molar-refractivity contribution in [1.82, 2.24) is 15.8 Å². The SMILES string of the molecule is CNN(CCN)CCCNC(C)=O. The summed E-state index contributed by atoms with van der Waals surface area (Å²) in [6.45, 7) is 4.61. The van der Waals surface area contributed by atoms with Crippen LogP contribution in [0.25, 0.3) is 0 Å². The monoisotopic (exact) mass is 188 g/mol. The van der Waals surface area contributed by atoms with Gasteiger partial charge in [-0.3, -0.25) is 10.2 Å². The molecule has 78 valence electrons. The first-order valence-corrected chi connectivity index (χ1v) is 4.57. The molecule has 0 saturated heterocycles. The summed E-state index contributed by atoms with van der Waals surface area (Å²) in [4.78, 5) is 10.5. The molecule has 0 aliphatic rings. The zero-order chi connectivity index (χ0) is 10.1. The molecule has 0 fully saturated rings. The van der Waals surface area contributed by atoms with E-state index in [0.717, 1.165) is 26.1 Å². The van der Waals surface area contributed by atoms with Crippen LogP contribution in [0.5, 0.6) is 0 Å². The molecular weight excluding hydrogens is 168 g/mol. The van der Waals surface area contributed by atoms with E-state index in [1.807, 2.05) is 12.1 Å². The Hall–Kier alpha value is -0.650. The van der Waals surface area contributed by atoms with Gasteiger partial charge in [0.2, 0.25) is 5.91 Å². The first-order valence-electron chi connectivity index (χ1n) is 4.57. The minimum atomic E-state index is 0.0230. The molecule has 0 aromatic carbocycles. The van der Waals surface area contributed by atoms with Crippen molar-refractivity contribution in [2.75, 3.05) is 33.2 Å².